The van der Waals surface area contributed by atoms with Crippen LogP contribution in [0, 0.1) is 6.92 Å². The van der Waals surface area contributed by atoms with Gasteiger partial charge in [0.05, 0.1) is 11.3 Å². The van der Waals surface area contributed by atoms with E-state index in [0.29, 0.717) is 35.3 Å². The molecule has 3 aromatic rings. The number of carbonyl (C=O) groups is 1. The highest BCUT2D eigenvalue weighted by Crippen LogP contribution is 2.28. The molecular formula is C20H22ClN7O. The highest BCUT2D eigenvalue weighted by Gasteiger charge is 2.09. The highest BCUT2D eigenvalue weighted by atomic mass is 35.5. The van der Waals surface area contributed by atoms with E-state index < -0.39 is 5.91 Å². The van der Waals surface area contributed by atoms with Gasteiger partial charge >= 0.3 is 0 Å². The van der Waals surface area contributed by atoms with E-state index in [-0.39, 0.29) is 5.95 Å². The smallest absolute Gasteiger partial charge is 0.250 e. The second-order valence-electron chi connectivity index (χ2n) is 6.41. The lowest BCUT2D eigenvalue weighted by molar-refractivity contribution is 0.1000. The molecule has 0 aliphatic heterocycles. The Morgan fingerprint density at radius 1 is 1.10 bits per heavy atom. The number of nitrogens with two attached hydrogens (primary N) is 2. The van der Waals surface area contributed by atoms with E-state index in [1.54, 1.807) is 12.1 Å². The van der Waals surface area contributed by atoms with Crippen LogP contribution < -0.4 is 22.1 Å². The first-order chi connectivity index (χ1) is 13.9. The molecule has 0 saturated carbocycles. The number of hydrogen-bond donors (Lipinski definition) is 4. The van der Waals surface area contributed by atoms with Crippen LogP contribution in [0.15, 0.2) is 42.6 Å². The molecular weight excluding hydrogens is 390 g/mol. The third-order valence-electron chi connectivity index (χ3n) is 4.30. The van der Waals surface area contributed by atoms with E-state index in [2.05, 4.69) is 25.6 Å². The highest BCUT2D eigenvalue weighted by molar-refractivity contribution is 6.31. The Bertz CT molecular complexity index is 1010. The predicted molar refractivity (Wildman–Crippen MR) is 116 cm³/mol. The summed E-state index contributed by atoms with van der Waals surface area (Å²) in [6, 6.07) is 10.9. The Kier molecular flexibility index (Phi) is 6.46. The van der Waals surface area contributed by atoms with Crippen LogP contribution in [0.25, 0.3) is 11.3 Å². The summed E-state index contributed by atoms with van der Waals surface area (Å²) < 4.78 is 0. The number of hydrogen-bond acceptors (Lipinski definition) is 7. The quantitative estimate of drug-likeness (QED) is 0.418. The molecule has 2 aromatic heterocycles. The number of rotatable bonds is 8. The van der Waals surface area contributed by atoms with Crippen molar-refractivity contribution in [1.29, 1.82) is 0 Å². The van der Waals surface area contributed by atoms with E-state index in [1.807, 2.05) is 31.2 Å². The number of halogens is 1. The molecule has 3 rings (SSSR count). The van der Waals surface area contributed by atoms with Gasteiger partial charge in [-0.15, -0.1) is 0 Å². The third kappa shape index (κ3) is 5.32. The van der Waals surface area contributed by atoms with Crippen molar-refractivity contribution >= 4 is 35.1 Å². The number of nitrogens with zero attached hydrogens (tertiary/aromatic N) is 3. The van der Waals surface area contributed by atoms with Crippen LogP contribution in [0.4, 0.5) is 17.6 Å². The molecule has 2 heterocycles. The number of benzene rings is 1. The monoisotopic (exact) mass is 411 g/mol. The zero-order chi connectivity index (χ0) is 20.8. The fraction of sp³-hybridized carbons (Fsp3) is 0.200. The lowest BCUT2D eigenvalue weighted by Gasteiger charge is -2.11. The van der Waals surface area contributed by atoms with Crippen LogP contribution in [-0.2, 0) is 0 Å². The zero-order valence-corrected chi connectivity index (χ0v) is 16.7. The second-order valence-corrected chi connectivity index (χ2v) is 6.82. The van der Waals surface area contributed by atoms with Gasteiger partial charge < -0.3 is 22.1 Å². The van der Waals surface area contributed by atoms with E-state index in [0.717, 1.165) is 23.2 Å². The molecule has 1 amide bonds. The van der Waals surface area contributed by atoms with Crippen molar-refractivity contribution < 1.29 is 4.79 Å². The summed E-state index contributed by atoms with van der Waals surface area (Å²) in [6.07, 6.45) is 2.26. The molecule has 0 unspecified atom stereocenters. The van der Waals surface area contributed by atoms with Gasteiger partial charge in [-0.3, -0.25) is 4.79 Å². The molecule has 0 atom stereocenters. The van der Waals surface area contributed by atoms with Crippen LogP contribution in [0.2, 0.25) is 5.02 Å². The SMILES string of the molecule is Cc1c(Cl)cccc1-c1cc(NCCCNc2ccc(C(N)=O)cn2)nc(N)n1. The van der Waals surface area contributed by atoms with Crippen LogP contribution in [0.5, 0.6) is 0 Å². The number of carbonyl (C=O) groups excluding carboxylic acids is 1. The van der Waals surface area contributed by atoms with Crippen molar-refractivity contribution in [1.82, 2.24) is 15.0 Å². The van der Waals surface area contributed by atoms with Crippen LogP contribution in [-0.4, -0.2) is 33.9 Å². The average Bonchev–Trinajstić information content (AvgIpc) is 2.69. The number of nitrogens with one attached hydrogen (secondary N) is 2. The largest absolute Gasteiger partial charge is 0.370 e. The summed E-state index contributed by atoms with van der Waals surface area (Å²) in [7, 11) is 0. The van der Waals surface area contributed by atoms with E-state index >= 15 is 0 Å². The standard InChI is InChI=1S/C20H22ClN7O/c1-12-14(4-2-5-15(12)21)16-10-18(28-20(23)27-16)25-9-3-8-24-17-7-6-13(11-26-17)19(22)29/h2,4-7,10-11H,3,8-9H2,1H3,(H2,22,29)(H,24,26)(H3,23,25,27,28). The van der Waals surface area contributed by atoms with E-state index in [1.165, 1.54) is 6.20 Å². The molecule has 0 aliphatic carbocycles. The minimum absolute atomic E-state index is 0.196. The Balaban J connectivity index is 1.55. The Morgan fingerprint density at radius 3 is 2.55 bits per heavy atom. The molecule has 0 fully saturated rings. The Hall–Kier alpha value is -3.39. The second kappa shape index (κ2) is 9.20. The molecule has 1 aromatic carbocycles. The summed E-state index contributed by atoms with van der Waals surface area (Å²) >= 11 is 6.21. The van der Waals surface area contributed by atoms with Gasteiger partial charge in [0.1, 0.15) is 11.6 Å². The Labute approximate surface area is 173 Å². The average molecular weight is 412 g/mol. The minimum atomic E-state index is -0.496. The molecule has 9 heteroatoms. The number of primary amides is 1. The van der Waals surface area contributed by atoms with Crippen molar-refractivity contribution in [3.63, 3.8) is 0 Å². The van der Waals surface area contributed by atoms with Crippen LogP contribution >= 0.6 is 11.6 Å². The number of anilines is 3. The fourth-order valence-electron chi connectivity index (χ4n) is 2.74. The number of aromatic nitrogens is 3. The molecule has 0 spiro atoms. The molecule has 6 N–H and O–H groups in total. The van der Waals surface area contributed by atoms with Crippen molar-refractivity contribution in [3.05, 3.63) is 58.7 Å². The van der Waals surface area contributed by atoms with Crippen LogP contribution in [0.1, 0.15) is 22.3 Å². The summed E-state index contributed by atoms with van der Waals surface area (Å²) in [6.45, 7) is 3.31. The van der Waals surface area contributed by atoms with Gasteiger partial charge in [0.15, 0.2) is 0 Å². The molecule has 0 aliphatic rings. The molecule has 0 saturated heterocycles. The predicted octanol–water partition coefficient (Wildman–Crippen LogP) is 3.10. The van der Waals surface area contributed by atoms with Gasteiger partial charge in [0.25, 0.3) is 0 Å². The summed E-state index contributed by atoms with van der Waals surface area (Å²) in [5.41, 5.74) is 14.0. The van der Waals surface area contributed by atoms with Gasteiger partial charge in [-0.1, -0.05) is 23.7 Å². The van der Waals surface area contributed by atoms with Gasteiger partial charge in [0, 0.05) is 35.9 Å². The Morgan fingerprint density at radius 2 is 1.86 bits per heavy atom. The number of pyridine rings is 1. The minimum Gasteiger partial charge on any atom is -0.370 e. The van der Waals surface area contributed by atoms with Crippen molar-refractivity contribution in [2.45, 2.75) is 13.3 Å². The zero-order valence-electron chi connectivity index (χ0n) is 15.9. The van der Waals surface area contributed by atoms with Gasteiger partial charge in [-0.2, -0.15) is 4.98 Å². The first kappa shape index (κ1) is 20.3. The summed E-state index contributed by atoms with van der Waals surface area (Å²) in [4.78, 5) is 23.8. The maximum absolute atomic E-state index is 11.0. The summed E-state index contributed by atoms with van der Waals surface area (Å²) in [5, 5.41) is 7.12. The summed E-state index contributed by atoms with van der Waals surface area (Å²) in [5.74, 6) is 1.03. The lowest BCUT2D eigenvalue weighted by atomic mass is 10.1. The van der Waals surface area contributed by atoms with Crippen LogP contribution in [0.3, 0.4) is 0 Å². The fourth-order valence-corrected chi connectivity index (χ4v) is 2.92. The molecule has 29 heavy (non-hydrogen) atoms. The first-order valence-corrected chi connectivity index (χ1v) is 9.45. The third-order valence-corrected chi connectivity index (χ3v) is 4.71. The molecule has 0 radical (unpaired) electrons. The number of amides is 1. The van der Waals surface area contributed by atoms with Gasteiger partial charge in [0.2, 0.25) is 11.9 Å². The first-order valence-electron chi connectivity index (χ1n) is 9.07. The van der Waals surface area contributed by atoms with Crippen molar-refractivity contribution in [3.8, 4) is 11.3 Å². The van der Waals surface area contributed by atoms with Crippen molar-refractivity contribution in [2.75, 3.05) is 29.5 Å². The molecule has 8 nitrogen and oxygen atoms in total. The maximum Gasteiger partial charge on any atom is 0.250 e. The van der Waals surface area contributed by atoms with E-state index in [9.17, 15) is 4.79 Å². The van der Waals surface area contributed by atoms with E-state index in [4.69, 9.17) is 23.1 Å². The van der Waals surface area contributed by atoms with Gasteiger partial charge in [-0.05, 0) is 37.1 Å². The maximum atomic E-state index is 11.0. The molecule has 0 bridgehead atoms. The van der Waals surface area contributed by atoms with Gasteiger partial charge in [-0.25, -0.2) is 9.97 Å². The molecule has 150 valence electrons. The topological polar surface area (TPSA) is 132 Å². The lowest BCUT2D eigenvalue weighted by Crippen LogP contribution is -2.13. The van der Waals surface area contributed by atoms with Crippen molar-refractivity contribution in [2.24, 2.45) is 5.73 Å². The number of nitrogen functional groups attached to an aromatic ring is 1. The normalized spacial score (nSPS) is 10.6.